The van der Waals surface area contributed by atoms with E-state index in [4.69, 9.17) is 0 Å². The Morgan fingerprint density at radius 1 is 1.20 bits per heavy atom. The molecule has 0 unspecified atom stereocenters. The van der Waals surface area contributed by atoms with E-state index >= 15 is 0 Å². The molecule has 0 spiro atoms. The summed E-state index contributed by atoms with van der Waals surface area (Å²) in [7, 11) is -3.31. The number of sulfonamides is 1. The molecule has 20 heavy (non-hydrogen) atoms. The molecule has 1 heterocycles. The van der Waals surface area contributed by atoms with Crippen molar-refractivity contribution in [1.82, 2.24) is 9.62 Å². The van der Waals surface area contributed by atoms with Crippen LogP contribution in [0, 0.1) is 0 Å². The molecule has 6 heteroatoms. The van der Waals surface area contributed by atoms with E-state index in [1.165, 1.54) is 0 Å². The molecule has 0 radical (unpaired) electrons. The lowest BCUT2D eigenvalue weighted by molar-refractivity contribution is 0.443. The lowest BCUT2D eigenvalue weighted by Gasteiger charge is -2.25. The smallest absolute Gasteiger partial charge is 0.243 e. The molecule has 0 aliphatic carbocycles. The molecule has 1 aromatic carbocycles. The van der Waals surface area contributed by atoms with E-state index in [1.807, 2.05) is 23.9 Å². The predicted octanol–water partition coefficient (Wildman–Crippen LogP) is 1.92. The van der Waals surface area contributed by atoms with Gasteiger partial charge in [0.2, 0.25) is 10.0 Å². The Balaban J connectivity index is 2.08. The van der Waals surface area contributed by atoms with Crippen LogP contribution in [0.2, 0.25) is 0 Å². The number of thioether (sulfide) groups is 1. The van der Waals surface area contributed by atoms with Crippen molar-refractivity contribution in [3.63, 3.8) is 0 Å². The average molecular weight is 314 g/mol. The first-order chi connectivity index (χ1) is 9.50. The first kappa shape index (κ1) is 15.8. The molecule has 1 aliphatic heterocycles. The minimum absolute atomic E-state index is 0.401. The maximum Gasteiger partial charge on any atom is 0.243 e. The average Bonchev–Trinajstić information content (AvgIpc) is 2.46. The van der Waals surface area contributed by atoms with Gasteiger partial charge < -0.3 is 5.32 Å². The topological polar surface area (TPSA) is 49.4 Å². The zero-order valence-corrected chi connectivity index (χ0v) is 13.6. The second-order valence-electron chi connectivity index (χ2n) is 5.20. The Hall–Kier alpha value is -0.560. The molecule has 0 atom stereocenters. The monoisotopic (exact) mass is 314 g/mol. The molecule has 1 N–H and O–H groups in total. The molecule has 1 fully saturated rings. The van der Waals surface area contributed by atoms with Crippen LogP contribution in [-0.4, -0.2) is 43.4 Å². The van der Waals surface area contributed by atoms with Crippen LogP contribution >= 0.6 is 11.8 Å². The van der Waals surface area contributed by atoms with Gasteiger partial charge in [0, 0.05) is 37.2 Å². The Morgan fingerprint density at radius 3 is 2.35 bits per heavy atom. The summed E-state index contributed by atoms with van der Waals surface area (Å²) >= 11 is 1.81. The van der Waals surface area contributed by atoms with Crippen molar-refractivity contribution in [1.29, 1.82) is 0 Å². The van der Waals surface area contributed by atoms with Crippen LogP contribution in [0.5, 0.6) is 0 Å². The lowest BCUT2D eigenvalue weighted by atomic mass is 10.2. The fraction of sp³-hybridized carbons (Fsp3) is 0.571. The maximum absolute atomic E-state index is 12.5. The Kier molecular flexibility index (Phi) is 5.49. The van der Waals surface area contributed by atoms with Crippen molar-refractivity contribution in [3.8, 4) is 0 Å². The highest BCUT2D eigenvalue weighted by molar-refractivity contribution is 7.99. The van der Waals surface area contributed by atoms with Gasteiger partial charge in [0.15, 0.2) is 0 Å². The molecule has 1 aliphatic rings. The van der Waals surface area contributed by atoms with Crippen LogP contribution in [0.15, 0.2) is 29.2 Å². The second kappa shape index (κ2) is 6.93. The standard InChI is InChI=1S/C14H22N2O2S2/c1-12(2)15-11-13-3-5-14(6-4-13)20(17,18)16-7-9-19-10-8-16/h3-6,12,15H,7-11H2,1-2H3. The van der Waals surface area contributed by atoms with Gasteiger partial charge in [-0.2, -0.15) is 16.1 Å². The SMILES string of the molecule is CC(C)NCc1ccc(S(=O)(=O)N2CCSCC2)cc1. The zero-order valence-electron chi connectivity index (χ0n) is 12.0. The van der Waals surface area contributed by atoms with E-state index in [1.54, 1.807) is 16.4 Å². The molecule has 4 nitrogen and oxygen atoms in total. The number of hydrogen-bond acceptors (Lipinski definition) is 4. The number of rotatable bonds is 5. The quantitative estimate of drug-likeness (QED) is 0.902. The van der Waals surface area contributed by atoms with Gasteiger partial charge in [-0.3, -0.25) is 0 Å². The van der Waals surface area contributed by atoms with Crippen molar-refractivity contribution in [3.05, 3.63) is 29.8 Å². The normalized spacial score (nSPS) is 17.6. The third kappa shape index (κ3) is 3.97. The first-order valence-electron chi connectivity index (χ1n) is 6.90. The van der Waals surface area contributed by atoms with Crippen molar-refractivity contribution in [2.75, 3.05) is 24.6 Å². The fourth-order valence-corrected chi connectivity index (χ4v) is 4.61. The molecule has 112 valence electrons. The molecule has 1 aromatic rings. The number of nitrogens with one attached hydrogen (secondary N) is 1. The zero-order chi connectivity index (χ0) is 14.6. The van der Waals surface area contributed by atoms with E-state index in [0.717, 1.165) is 23.6 Å². The van der Waals surface area contributed by atoms with Gasteiger partial charge in [0.05, 0.1) is 4.90 Å². The Bertz CT molecular complexity index is 521. The summed E-state index contributed by atoms with van der Waals surface area (Å²) in [6.45, 7) is 6.17. The summed E-state index contributed by atoms with van der Waals surface area (Å²) < 4.78 is 26.5. The van der Waals surface area contributed by atoms with Gasteiger partial charge in [-0.1, -0.05) is 26.0 Å². The largest absolute Gasteiger partial charge is 0.310 e. The molecule has 1 saturated heterocycles. The minimum Gasteiger partial charge on any atom is -0.310 e. The minimum atomic E-state index is -3.31. The van der Waals surface area contributed by atoms with Crippen LogP contribution in [0.25, 0.3) is 0 Å². The fourth-order valence-electron chi connectivity index (χ4n) is 2.04. The van der Waals surface area contributed by atoms with E-state index in [-0.39, 0.29) is 0 Å². The molecular formula is C14H22N2O2S2. The van der Waals surface area contributed by atoms with Gasteiger partial charge in [-0.25, -0.2) is 8.42 Å². The highest BCUT2D eigenvalue weighted by atomic mass is 32.2. The van der Waals surface area contributed by atoms with Gasteiger partial charge >= 0.3 is 0 Å². The highest BCUT2D eigenvalue weighted by Gasteiger charge is 2.25. The lowest BCUT2D eigenvalue weighted by Crippen LogP contribution is -2.37. The Labute approximate surface area is 126 Å². The maximum atomic E-state index is 12.5. The highest BCUT2D eigenvalue weighted by Crippen LogP contribution is 2.20. The van der Waals surface area contributed by atoms with Gasteiger partial charge in [0.1, 0.15) is 0 Å². The van der Waals surface area contributed by atoms with Crippen LogP contribution in [-0.2, 0) is 16.6 Å². The van der Waals surface area contributed by atoms with Crippen molar-refractivity contribution < 1.29 is 8.42 Å². The third-order valence-corrected chi connectivity index (χ3v) is 6.10. The van der Waals surface area contributed by atoms with Crippen molar-refractivity contribution in [2.45, 2.75) is 31.3 Å². The summed E-state index contributed by atoms with van der Waals surface area (Å²) in [6.07, 6.45) is 0. The number of hydrogen-bond donors (Lipinski definition) is 1. The number of benzene rings is 1. The van der Waals surface area contributed by atoms with Crippen LogP contribution in [0.4, 0.5) is 0 Å². The molecular weight excluding hydrogens is 292 g/mol. The van der Waals surface area contributed by atoms with E-state index in [2.05, 4.69) is 19.2 Å². The van der Waals surface area contributed by atoms with Crippen LogP contribution in [0.3, 0.4) is 0 Å². The van der Waals surface area contributed by atoms with E-state index in [0.29, 0.717) is 24.0 Å². The van der Waals surface area contributed by atoms with E-state index in [9.17, 15) is 8.42 Å². The summed E-state index contributed by atoms with van der Waals surface area (Å²) in [5.74, 6) is 1.77. The molecule has 2 rings (SSSR count). The third-order valence-electron chi connectivity index (χ3n) is 3.25. The molecule has 0 saturated carbocycles. The van der Waals surface area contributed by atoms with Crippen LogP contribution < -0.4 is 5.32 Å². The number of nitrogens with zero attached hydrogens (tertiary/aromatic N) is 1. The predicted molar refractivity (Wildman–Crippen MR) is 84.5 cm³/mol. The van der Waals surface area contributed by atoms with Crippen molar-refractivity contribution in [2.24, 2.45) is 0 Å². The second-order valence-corrected chi connectivity index (χ2v) is 8.36. The van der Waals surface area contributed by atoms with Crippen LogP contribution in [0.1, 0.15) is 19.4 Å². The van der Waals surface area contributed by atoms with Gasteiger partial charge in [-0.15, -0.1) is 0 Å². The Morgan fingerprint density at radius 2 is 1.80 bits per heavy atom. The summed E-state index contributed by atoms with van der Waals surface area (Å²) in [5.41, 5.74) is 1.10. The summed E-state index contributed by atoms with van der Waals surface area (Å²) in [4.78, 5) is 0.401. The van der Waals surface area contributed by atoms with Gasteiger partial charge in [-0.05, 0) is 17.7 Å². The molecule has 0 bridgehead atoms. The summed E-state index contributed by atoms with van der Waals surface area (Å²) in [6, 6.07) is 7.63. The summed E-state index contributed by atoms with van der Waals surface area (Å²) in [5, 5.41) is 3.32. The first-order valence-corrected chi connectivity index (χ1v) is 9.50. The van der Waals surface area contributed by atoms with E-state index < -0.39 is 10.0 Å². The van der Waals surface area contributed by atoms with Gasteiger partial charge in [0.25, 0.3) is 0 Å². The molecule has 0 aromatic heterocycles. The molecule has 0 amide bonds. The van der Waals surface area contributed by atoms with Crippen molar-refractivity contribution >= 4 is 21.8 Å².